The van der Waals surface area contributed by atoms with Crippen LogP contribution in [0.2, 0.25) is 0 Å². The molecule has 0 radical (unpaired) electrons. The van der Waals surface area contributed by atoms with Gasteiger partial charge < -0.3 is 20.4 Å². The molecule has 3 heterocycles. The lowest BCUT2D eigenvalue weighted by Gasteiger charge is -2.20. The van der Waals surface area contributed by atoms with Crippen molar-refractivity contribution in [2.24, 2.45) is 4.99 Å². The maximum atomic E-state index is 14.0. The number of aliphatic imine (C=N–C) groups is 1. The van der Waals surface area contributed by atoms with Gasteiger partial charge in [-0.3, -0.25) is 4.79 Å². The van der Waals surface area contributed by atoms with Crippen LogP contribution in [0.25, 0.3) is 0 Å². The summed E-state index contributed by atoms with van der Waals surface area (Å²) in [5.74, 6) is 0.571. The third kappa shape index (κ3) is 6.81. The third-order valence-corrected chi connectivity index (χ3v) is 5.33. The molecule has 0 spiro atoms. The molecule has 158 valence electrons. The van der Waals surface area contributed by atoms with Crippen molar-refractivity contribution in [2.45, 2.75) is 19.0 Å². The number of rotatable bonds is 6. The first-order chi connectivity index (χ1) is 13.5. The Morgan fingerprint density at radius 3 is 2.93 bits per heavy atom. The summed E-state index contributed by atoms with van der Waals surface area (Å²) in [6.45, 7) is 2.03. The number of aromatic nitrogens is 1. The van der Waals surface area contributed by atoms with Crippen molar-refractivity contribution >= 4 is 53.0 Å². The lowest BCUT2D eigenvalue weighted by atomic mass is 10.3. The second-order valence-electron chi connectivity index (χ2n) is 6.77. The molecule has 3 rings (SSSR count). The summed E-state index contributed by atoms with van der Waals surface area (Å²) < 4.78 is 14.0. The molecule has 29 heavy (non-hydrogen) atoms. The standard InChI is InChI=1S/C19H25FN6OS.HI/c1-25(2)17(27)12-23-19(22-11-15-5-4-10-28-15)24-14-7-9-26(13-14)18-16(20)6-3-8-21-18;/h3-6,8,10,14H,7,9,11-13H2,1-2H3,(H2,22,23,24);1H. The summed E-state index contributed by atoms with van der Waals surface area (Å²) in [5, 5.41) is 8.67. The van der Waals surface area contributed by atoms with Crippen molar-refractivity contribution < 1.29 is 9.18 Å². The summed E-state index contributed by atoms with van der Waals surface area (Å²) in [6, 6.07) is 7.14. The van der Waals surface area contributed by atoms with Crippen molar-refractivity contribution in [3.05, 3.63) is 46.5 Å². The smallest absolute Gasteiger partial charge is 0.243 e. The Morgan fingerprint density at radius 1 is 1.41 bits per heavy atom. The maximum absolute atomic E-state index is 14.0. The van der Waals surface area contributed by atoms with Gasteiger partial charge in [0.15, 0.2) is 17.6 Å². The van der Waals surface area contributed by atoms with Crippen molar-refractivity contribution in [3.8, 4) is 0 Å². The van der Waals surface area contributed by atoms with Crippen molar-refractivity contribution in [1.29, 1.82) is 0 Å². The molecule has 2 N–H and O–H groups in total. The van der Waals surface area contributed by atoms with E-state index in [1.54, 1.807) is 37.7 Å². The molecule has 2 aromatic heterocycles. The number of amides is 1. The number of halogens is 2. The molecule has 1 amide bonds. The van der Waals surface area contributed by atoms with E-state index in [-0.39, 0.29) is 48.3 Å². The fourth-order valence-electron chi connectivity index (χ4n) is 2.90. The van der Waals surface area contributed by atoms with Crippen LogP contribution in [0.4, 0.5) is 10.2 Å². The zero-order valence-electron chi connectivity index (χ0n) is 16.5. The van der Waals surface area contributed by atoms with Crippen molar-refractivity contribution in [1.82, 2.24) is 20.5 Å². The molecule has 1 aliphatic heterocycles. The van der Waals surface area contributed by atoms with Gasteiger partial charge in [0.2, 0.25) is 5.91 Å². The predicted octanol–water partition coefficient (Wildman–Crippen LogP) is 2.30. The molecular formula is C19H26FIN6OS. The van der Waals surface area contributed by atoms with Gasteiger partial charge in [-0.05, 0) is 30.0 Å². The van der Waals surface area contributed by atoms with Crippen LogP contribution >= 0.6 is 35.3 Å². The van der Waals surface area contributed by atoms with Gasteiger partial charge in [0.1, 0.15) is 6.54 Å². The Balaban J connectivity index is 0.00000300. The van der Waals surface area contributed by atoms with Crippen LogP contribution in [-0.2, 0) is 11.3 Å². The summed E-state index contributed by atoms with van der Waals surface area (Å²) in [5.41, 5.74) is 0. The van der Waals surface area contributed by atoms with Gasteiger partial charge in [0, 0.05) is 44.3 Å². The van der Waals surface area contributed by atoms with E-state index in [0.717, 1.165) is 6.42 Å². The highest BCUT2D eigenvalue weighted by atomic mass is 127. The largest absolute Gasteiger partial charge is 0.352 e. The van der Waals surface area contributed by atoms with Crippen LogP contribution in [0.5, 0.6) is 0 Å². The molecule has 7 nitrogen and oxygen atoms in total. The molecule has 0 bridgehead atoms. The first-order valence-electron chi connectivity index (χ1n) is 9.16. The van der Waals surface area contributed by atoms with Gasteiger partial charge in [0.05, 0.1) is 6.54 Å². The minimum atomic E-state index is -0.315. The Labute approximate surface area is 191 Å². The van der Waals surface area contributed by atoms with Gasteiger partial charge in [-0.25, -0.2) is 14.4 Å². The summed E-state index contributed by atoms with van der Waals surface area (Å²) in [4.78, 5) is 25.1. The highest BCUT2D eigenvalue weighted by molar-refractivity contribution is 14.0. The number of nitrogens with one attached hydrogen (secondary N) is 2. The number of nitrogens with zero attached hydrogens (tertiary/aromatic N) is 4. The van der Waals surface area contributed by atoms with Gasteiger partial charge in [-0.2, -0.15) is 0 Å². The zero-order valence-corrected chi connectivity index (χ0v) is 19.6. The quantitative estimate of drug-likeness (QED) is 0.340. The number of hydrogen-bond donors (Lipinski definition) is 2. The van der Waals surface area contributed by atoms with E-state index in [1.165, 1.54) is 15.8 Å². The van der Waals surface area contributed by atoms with Crippen LogP contribution in [0, 0.1) is 5.82 Å². The minimum Gasteiger partial charge on any atom is -0.352 e. The van der Waals surface area contributed by atoms with E-state index < -0.39 is 0 Å². The fourth-order valence-corrected chi connectivity index (χ4v) is 3.54. The van der Waals surface area contributed by atoms with Crippen LogP contribution in [0.3, 0.4) is 0 Å². The Morgan fingerprint density at radius 2 is 2.24 bits per heavy atom. The molecule has 0 aromatic carbocycles. The molecule has 0 aliphatic carbocycles. The normalized spacial score (nSPS) is 16.3. The number of carbonyl (C=O) groups is 1. The number of pyridine rings is 1. The number of carbonyl (C=O) groups excluding carboxylic acids is 1. The topological polar surface area (TPSA) is 72.9 Å². The van der Waals surface area contributed by atoms with E-state index in [9.17, 15) is 9.18 Å². The van der Waals surface area contributed by atoms with Crippen molar-refractivity contribution in [2.75, 3.05) is 38.6 Å². The molecule has 2 aromatic rings. The van der Waals surface area contributed by atoms with E-state index >= 15 is 0 Å². The van der Waals surface area contributed by atoms with Crippen LogP contribution < -0.4 is 15.5 Å². The van der Waals surface area contributed by atoms with Crippen LogP contribution in [0.15, 0.2) is 40.8 Å². The lowest BCUT2D eigenvalue weighted by Crippen LogP contribution is -2.45. The fraction of sp³-hybridized carbons (Fsp3) is 0.421. The van der Waals surface area contributed by atoms with E-state index in [0.29, 0.717) is 31.4 Å². The van der Waals surface area contributed by atoms with Crippen molar-refractivity contribution in [3.63, 3.8) is 0 Å². The molecule has 1 atom stereocenters. The number of anilines is 1. The maximum Gasteiger partial charge on any atom is 0.243 e. The van der Waals surface area contributed by atoms with Gasteiger partial charge in [-0.1, -0.05) is 6.07 Å². The Bertz CT molecular complexity index is 817. The minimum absolute atomic E-state index is 0. The molecular weight excluding hydrogens is 506 g/mol. The number of thiophene rings is 1. The summed E-state index contributed by atoms with van der Waals surface area (Å²) in [7, 11) is 3.42. The predicted molar refractivity (Wildman–Crippen MR) is 126 cm³/mol. The Kier molecular flexibility index (Phi) is 9.08. The average Bonchev–Trinajstić information content (AvgIpc) is 3.36. The second-order valence-corrected chi connectivity index (χ2v) is 7.80. The molecule has 1 saturated heterocycles. The van der Waals surface area contributed by atoms with Crippen LogP contribution in [-0.4, -0.2) is 61.5 Å². The number of hydrogen-bond acceptors (Lipinski definition) is 5. The highest BCUT2D eigenvalue weighted by Crippen LogP contribution is 2.20. The van der Waals surface area contributed by atoms with E-state index in [2.05, 4.69) is 20.6 Å². The number of likely N-dealkylation sites (N-methyl/N-ethyl adjacent to an activating group) is 1. The molecule has 10 heteroatoms. The second kappa shape index (κ2) is 11.3. The van der Waals surface area contributed by atoms with E-state index in [1.807, 2.05) is 22.4 Å². The third-order valence-electron chi connectivity index (χ3n) is 4.45. The summed E-state index contributed by atoms with van der Waals surface area (Å²) >= 11 is 1.66. The van der Waals surface area contributed by atoms with E-state index in [4.69, 9.17) is 0 Å². The first kappa shape index (κ1) is 23.3. The van der Waals surface area contributed by atoms with Gasteiger partial charge in [0.25, 0.3) is 0 Å². The first-order valence-corrected chi connectivity index (χ1v) is 10.0. The molecule has 1 aliphatic rings. The highest BCUT2D eigenvalue weighted by Gasteiger charge is 2.26. The average molecular weight is 532 g/mol. The molecule has 0 saturated carbocycles. The lowest BCUT2D eigenvalue weighted by molar-refractivity contribution is -0.127. The zero-order chi connectivity index (χ0) is 19.9. The SMILES string of the molecule is CN(C)C(=O)CN=C(NCc1cccs1)NC1CCN(c2ncccc2F)C1.I. The summed E-state index contributed by atoms with van der Waals surface area (Å²) in [6.07, 6.45) is 2.43. The molecule has 1 unspecified atom stereocenters. The number of guanidine groups is 1. The van der Waals surface area contributed by atoms with Crippen LogP contribution in [0.1, 0.15) is 11.3 Å². The van der Waals surface area contributed by atoms with Gasteiger partial charge >= 0.3 is 0 Å². The van der Waals surface area contributed by atoms with Gasteiger partial charge in [-0.15, -0.1) is 35.3 Å². The molecule has 1 fully saturated rings. The Hall–Kier alpha value is -1.95. The monoisotopic (exact) mass is 532 g/mol.